The Morgan fingerprint density at radius 1 is 0.279 bits per heavy atom. The predicted molar refractivity (Wildman–Crippen MR) is 293 cm³/mol. The van der Waals surface area contributed by atoms with Gasteiger partial charge in [-0.15, -0.1) is 0 Å². The van der Waals surface area contributed by atoms with E-state index in [0.29, 0.717) is 19.3 Å². The number of esters is 3. The van der Waals surface area contributed by atoms with Crippen LogP contribution >= 0.6 is 0 Å². The maximum Gasteiger partial charge on any atom is 0.306 e. The first kappa shape index (κ1) is 66.4. The van der Waals surface area contributed by atoms with E-state index in [1.807, 2.05) is 0 Å². The Balaban J connectivity index is 4.22. The Morgan fingerprint density at radius 3 is 0.721 bits per heavy atom. The molecule has 0 aliphatic heterocycles. The molecule has 0 unspecified atom stereocenters. The van der Waals surface area contributed by atoms with Crippen molar-refractivity contribution in [2.45, 2.75) is 361 Å². The SMILES string of the molecule is CCCCCCCCCCCCCCCCCCCCC(=O)OC[C@H](COC(=O)CCCCCCCCCCCCC)OC(=O)CCCCCCCCCCCCCCCCCCCCC(C)C. The Hall–Kier alpha value is -1.59. The zero-order chi connectivity index (χ0) is 49.5. The lowest BCUT2D eigenvalue weighted by Gasteiger charge is -2.18. The van der Waals surface area contributed by atoms with Crippen molar-refractivity contribution in [3.63, 3.8) is 0 Å². The monoisotopic (exact) mass is 961 g/mol. The summed E-state index contributed by atoms with van der Waals surface area (Å²) < 4.78 is 16.9. The molecule has 0 aromatic carbocycles. The Bertz CT molecular complexity index is 1030. The van der Waals surface area contributed by atoms with Crippen LogP contribution in [0.1, 0.15) is 355 Å². The van der Waals surface area contributed by atoms with Gasteiger partial charge in [0.25, 0.3) is 0 Å². The molecule has 0 aliphatic carbocycles. The van der Waals surface area contributed by atoms with Crippen molar-refractivity contribution in [2.75, 3.05) is 13.2 Å². The van der Waals surface area contributed by atoms with Crippen LogP contribution in [0.25, 0.3) is 0 Å². The van der Waals surface area contributed by atoms with Crippen LogP contribution in [0.15, 0.2) is 0 Å². The molecule has 0 bridgehead atoms. The topological polar surface area (TPSA) is 78.9 Å². The molecule has 0 aromatic heterocycles. The molecule has 0 N–H and O–H groups in total. The van der Waals surface area contributed by atoms with Crippen molar-refractivity contribution in [1.29, 1.82) is 0 Å². The van der Waals surface area contributed by atoms with Gasteiger partial charge >= 0.3 is 17.9 Å². The number of carbonyl (C=O) groups is 3. The van der Waals surface area contributed by atoms with Crippen molar-refractivity contribution in [3.05, 3.63) is 0 Å². The van der Waals surface area contributed by atoms with Crippen LogP contribution in [0.3, 0.4) is 0 Å². The molecule has 0 saturated carbocycles. The van der Waals surface area contributed by atoms with Crippen molar-refractivity contribution < 1.29 is 28.6 Å². The van der Waals surface area contributed by atoms with Crippen LogP contribution in [0.2, 0.25) is 0 Å². The highest BCUT2D eigenvalue weighted by Gasteiger charge is 2.19. The van der Waals surface area contributed by atoms with Crippen molar-refractivity contribution >= 4 is 17.9 Å². The molecule has 0 rings (SSSR count). The molecule has 68 heavy (non-hydrogen) atoms. The van der Waals surface area contributed by atoms with Gasteiger partial charge in [-0.1, -0.05) is 317 Å². The summed E-state index contributed by atoms with van der Waals surface area (Å²) in [5.41, 5.74) is 0. The third-order valence-corrected chi connectivity index (χ3v) is 14.3. The third-order valence-electron chi connectivity index (χ3n) is 14.3. The van der Waals surface area contributed by atoms with Gasteiger partial charge in [-0.3, -0.25) is 14.4 Å². The number of rotatable bonds is 57. The second kappa shape index (κ2) is 56.3. The lowest BCUT2D eigenvalue weighted by Crippen LogP contribution is -2.30. The molecule has 0 aliphatic rings. The molecule has 0 aromatic rings. The summed E-state index contributed by atoms with van der Waals surface area (Å²) in [6.45, 7) is 9.08. The van der Waals surface area contributed by atoms with Gasteiger partial charge in [0.05, 0.1) is 0 Å². The second-order valence-corrected chi connectivity index (χ2v) is 21.8. The highest BCUT2D eigenvalue weighted by molar-refractivity contribution is 5.71. The standard InChI is InChI=1S/C62H120O6/c1-5-7-9-11-13-15-17-18-19-20-24-27-30-34-38-42-46-50-54-61(64)67-57-59(56-66-60(63)53-49-45-41-37-32-16-14-12-10-8-6-2)68-62(65)55-51-47-43-39-35-31-28-25-22-21-23-26-29-33-36-40-44-48-52-58(3)4/h58-59H,5-57H2,1-4H3/t59-/m0/s1. The summed E-state index contributed by atoms with van der Waals surface area (Å²) in [5.74, 6) is 0.0266. The van der Waals surface area contributed by atoms with Crippen molar-refractivity contribution in [1.82, 2.24) is 0 Å². The fraction of sp³-hybridized carbons (Fsp3) is 0.952. The minimum Gasteiger partial charge on any atom is -0.462 e. The van der Waals surface area contributed by atoms with E-state index in [1.54, 1.807) is 0 Å². The van der Waals surface area contributed by atoms with Gasteiger partial charge in [0.15, 0.2) is 6.10 Å². The maximum absolute atomic E-state index is 12.9. The number of unbranched alkanes of at least 4 members (excludes halogenated alkanes) is 44. The maximum atomic E-state index is 12.9. The van der Waals surface area contributed by atoms with E-state index < -0.39 is 6.10 Å². The smallest absolute Gasteiger partial charge is 0.306 e. The first-order valence-electron chi connectivity index (χ1n) is 30.9. The van der Waals surface area contributed by atoms with E-state index >= 15 is 0 Å². The van der Waals surface area contributed by atoms with Crippen LogP contribution in [0.4, 0.5) is 0 Å². The van der Waals surface area contributed by atoms with E-state index in [9.17, 15) is 14.4 Å². The normalized spacial score (nSPS) is 12.0. The van der Waals surface area contributed by atoms with Gasteiger partial charge in [-0.2, -0.15) is 0 Å². The number of hydrogen-bond acceptors (Lipinski definition) is 6. The first-order chi connectivity index (χ1) is 33.4. The average molecular weight is 962 g/mol. The molecular weight excluding hydrogens is 841 g/mol. The lowest BCUT2D eigenvalue weighted by atomic mass is 10.0. The summed E-state index contributed by atoms with van der Waals surface area (Å²) in [6.07, 6.45) is 62.5. The summed E-state index contributed by atoms with van der Waals surface area (Å²) in [6, 6.07) is 0. The van der Waals surface area contributed by atoms with Gasteiger partial charge in [0.1, 0.15) is 13.2 Å². The molecule has 6 nitrogen and oxygen atoms in total. The molecule has 0 spiro atoms. The van der Waals surface area contributed by atoms with E-state index in [1.165, 1.54) is 250 Å². The Labute approximate surface area is 425 Å². The molecule has 404 valence electrons. The fourth-order valence-electron chi connectivity index (χ4n) is 9.63. The van der Waals surface area contributed by atoms with E-state index in [0.717, 1.165) is 63.7 Å². The summed E-state index contributed by atoms with van der Waals surface area (Å²) >= 11 is 0. The minimum atomic E-state index is -0.762. The average Bonchev–Trinajstić information content (AvgIpc) is 3.32. The van der Waals surface area contributed by atoms with E-state index in [2.05, 4.69) is 27.7 Å². The van der Waals surface area contributed by atoms with Crippen molar-refractivity contribution in [2.24, 2.45) is 5.92 Å². The number of hydrogen-bond donors (Lipinski definition) is 0. The van der Waals surface area contributed by atoms with Gasteiger partial charge in [0, 0.05) is 19.3 Å². The van der Waals surface area contributed by atoms with Gasteiger partial charge in [0.2, 0.25) is 0 Å². The zero-order valence-corrected chi connectivity index (χ0v) is 46.6. The molecule has 0 heterocycles. The third kappa shape index (κ3) is 55.3. The van der Waals surface area contributed by atoms with E-state index in [-0.39, 0.29) is 31.1 Å². The predicted octanol–water partition coefficient (Wildman–Crippen LogP) is 20.6. The van der Waals surface area contributed by atoms with Crippen LogP contribution in [-0.4, -0.2) is 37.2 Å². The Morgan fingerprint density at radius 2 is 0.485 bits per heavy atom. The van der Waals surface area contributed by atoms with Gasteiger partial charge < -0.3 is 14.2 Å². The summed E-state index contributed by atoms with van der Waals surface area (Å²) in [4.78, 5) is 38.2. The minimum absolute atomic E-state index is 0.0614. The van der Waals surface area contributed by atoms with Crippen LogP contribution < -0.4 is 0 Å². The highest BCUT2D eigenvalue weighted by Crippen LogP contribution is 2.18. The molecule has 1 atom stereocenters. The first-order valence-corrected chi connectivity index (χ1v) is 30.9. The fourth-order valence-corrected chi connectivity index (χ4v) is 9.63. The zero-order valence-electron chi connectivity index (χ0n) is 46.6. The molecule has 0 saturated heterocycles. The highest BCUT2D eigenvalue weighted by atomic mass is 16.6. The summed E-state index contributed by atoms with van der Waals surface area (Å²) in [7, 11) is 0. The molecule has 0 fully saturated rings. The van der Waals surface area contributed by atoms with Crippen LogP contribution in [-0.2, 0) is 28.6 Å². The molecule has 0 radical (unpaired) electrons. The van der Waals surface area contributed by atoms with Crippen molar-refractivity contribution in [3.8, 4) is 0 Å². The Kier molecular flexibility index (Phi) is 55.0. The largest absolute Gasteiger partial charge is 0.462 e. The second-order valence-electron chi connectivity index (χ2n) is 21.8. The number of ether oxygens (including phenoxy) is 3. The molecule has 0 amide bonds. The molecular formula is C62H120O6. The van der Waals surface area contributed by atoms with Gasteiger partial charge in [-0.25, -0.2) is 0 Å². The summed E-state index contributed by atoms with van der Waals surface area (Å²) in [5, 5.41) is 0. The van der Waals surface area contributed by atoms with Gasteiger partial charge in [-0.05, 0) is 25.2 Å². The lowest BCUT2D eigenvalue weighted by molar-refractivity contribution is -0.167. The number of carbonyl (C=O) groups excluding carboxylic acids is 3. The van der Waals surface area contributed by atoms with E-state index in [4.69, 9.17) is 14.2 Å². The van der Waals surface area contributed by atoms with Crippen LogP contribution in [0, 0.1) is 5.92 Å². The van der Waals surface area contributed by atoms with Crippen LogP contribution in [0.5, 0.6) is 0 Å². The quantitative estimate of drug-likeness (QED) is 0.0343. The molecule has 6 heteroatoms.